The van der Waals surface area contributed by atoms with Gasteiger partial charge in [0.05, 0.1) is 0 Å². The Balaban J connectivity index is 1.78. The number of nitriles is 1. The summed E-state index contributed by atoms with van der Waals surface area (Å²) in [6.07, 6.45) is 8.09. The first-order chi connectivity index (χ1) is 8.38. The Morgan fingerprint density at radius 1 is 1.00 bits per heavy atom. The molecule has 1 aromatic rings. The molecule has 17 heavy (non-hydrogen) atoms. The Morgan fingerprint density at radius 2 is 1.65 bits per heavy atom. The second-order valence-electron chi connectivity index (χ2n) is 4.53. The van der Waals surface area contributed by atoms with Crippen LogP contribution in [0.2, 0.25) is 0 Å². The number of rotatable bonds is 1. The molecule has 4 heteroatoms. The molecule has 4 nitrogen and oxygen atoms in total. The van der Waals surface area contributed by atoms with Gasteiger partial charge in [0.25, 0.3) is 0 Å². The molecule has 0 unspecified atom stereocenters. The topological polar surface area (TPSA) is 52.8 Å². The normalized spacial score (nSPS) is 19.1. The van der Waals surface area contributed by atoms with Crippen molar-refractivity contribution in [3.05, 3.63) is 29.2 Å². The van der Waals surface area contributed by atoms with Crippen molar-refractivity contribution in [2.75, 3.05) is 18.0 Å². The first kappa shape index (κ1) is 10.3. The number of hydrogen-bond donors (Lipinski definition) is 0. The number of allylic oxidation sites excluding steroid dienone is 1. The Labute approximate surface area is 101 Å². The number of hydrogen-bond acceptors (Lipinski definition) is 4. The minimum absolute atomic E-state index is 0.440. The Bertz CT molecular complexity index is 496. The summed E-state index contributed by atoms with van der Waals surface area (Å²) in [5.74, 6) is 0.745. The van der Waals surface area contributed by atoms with Gasteiger partial charge in [0.1, 0.15) is 6.07 Å². The maximum absolute atomic E-state index is 9.01. The van der Waals surface area contributed by atoms with Crippen molar-refractivity contribution < 1.29 is 0 Å². The molecule has 0 amide bonds. The van der Waals surface area contributed by atoms with Gasteiger partial charge in [0, 0.05) is 25.5 Å². The van der Waals surface area contributed by atoms with Crippen LogP contribution in [-0.4, -0.2) is 23.1 Å². The van der Waals surface area contributed by atoms with E-state index >= 15 is 0 Å². The molecule has 0 spiro atoms. The van der Waals surface area contributed by atoms with Crippen LogP contribution in [0.25, 0.3) is 0 Å². The summed E-state index contributed by atoms with van der Waals surface area (Å²) in [7, 11) is 0. The molecule has 2 fully saturated rings. The highest BCUT2D eigenvalue weighted by molar-refractivity contribution is 5.50. The third-order valence-corrected chi connectivity index (χ3v) is 3.45. The lowest BCUT2D eigenvalue weighted by Crippen LogP contribution is -2.32. The van der Waals surface area contributed by atoms with Crippen LogP contribution in [0.4, 0.5) is 5.82 Å². The van der Waals surface area contributed by atoms with Gasteiger partial charge >= 0.3 is 0 Å². The van der Waals surface area contributed by atoms with Gasteiger partial charge in [0.15, 0.2) is 11.5 Å². The summed E-state index contributed by atoms with van der Waals surface area (Å²) in [6, 6.07) is 2.11. The summed E-state index contributed by atoms with van der Waals surface area (Å²) < 4.78 is 0. The maximum atomic E-state index is 9.01. The van der Waals surface area contributed by atoms with Crippen LogP contribution in [-0.2, 0) is 0 Å². The number of piperidine rings is 1. The van der Waals surface area contributed by atoms with E-state index in [2.05, 4.69) is 20.9 Å². The van der Waals surface area contributed by atoms with Gasteiger partial charge in [-0.15, -0.1) is 0 Å². The summed E-state index contributed by atoms with van der Waals surface area (Å²) in [5.41, 5.74) is 3.75. The lowest BCUT2D eigenvalue weighted by molar-refractivity contribution is 0.672. The summed E-state index contributed by atoms with van der Waals surface area (Å²) in [6.45, 7) is 1.93. The minimum atomic E-state index is 0.440. The number of aromatic nitrogens is 2. The predicted molar refractivity (Wildman–Crippen MR) is 64.5 cm³/mol. The monoisotopic (exact) mass is 226 g/mol. The van der Waals surface area contributed by atoms with E-state index in [1.807, 2.05) is 0 Å². The zero-order valence-corrected chi connectivity index (χ0v) is 9.69. The summed E-state index contributed by atoms with van der Waals surface area (Å²) in [5, 5.41) is 9.01. The van der Waals surface area contributed by atoms with E-state index in [0.29, 0.717) is 5.69 Å². The van der Waals surface area contributed by atoms with Crippen LogP contribution >= 0.6 is 0 Å². The van der Waals surface area contributed by atoms with Crippen molar-refractivity contribution in [2.24, 2.45) is 0 Å². The van der Waals surface area contributed by atoms with Crippen molar-refractivity contribution in [1.29, 1.82) is 5.26 Å². The van der Waals surface area contributed by atoms with Gasteiger partial charge in [0.2, 0.25) is 0 Å². The SMILES string of the molecule is N#Cc1nccnc1N1CCC(=C2CC2)CC1. The fourth-order valence-corrected chi connectivity index (χ4v) is 2.40. The molecule has 0 atom stereocenters. The molecule has 0 N–H and O–H groups in total. The average molecular weight is 226 g/mol. The molecule has 86 valence electrons. The lowest BCUT2D eigenvalue weighted by atomic mass is 10.0. The summed E-state index contributed by atoms with van der Waals surface area (Å²) >= 11 is 0. The van der Waals surface area contributed by atoms with Crippen molar-refractivity contribution in [1.82, 2.24) is 9.97 Å². The fourth-order valence-electron chi connectivity index (χ4n) is 2.40. The largest absolute Gasteiger partial charge is 0.354 e. The van der Waals surface area contributed by atoms with Crippen LogP contribution in [0, 0.1) is 11.3 Å². The molecule has 1 aromatic heterocycles. The quantitative estimate of drug-likeness (QED) is 0.688. The Morgan fingerprint density at radius 3 is 2.29 bits per heavy atom. The van der Waals surface area contributed by atoms with Gasteiger partial charge in [-0.1, -0.05) is 11.1 Å². The zero-order valence-electron chi connectivity index (χ0n) is 9.69. The van der Waals surface area contributed by atoms with E-state index in [1.165, 1.54) is 12.8 Å². The Kier molecular flexibility index (Phi) is 2.52. The molecular formula is C13H14N4. The highest BCUT2D eigenvalue weighted by Crippen LogP contribution is 2.36. The van der Waals surface area contributed by atoms with Crippen molar-refractivity contribution in [3.8, 4) is 6.07 Å². The van der Waals surface area contributed by atoms with Crippen molar-refractivity contribution in [2.45, 2.75) is 25.7 Å². The molecule has 0 aromatic carbocycles. The Hall–Kier alpha value is -1.89. The van der Waals surface area contributed by atoms with E-state index in [-0.39, 0.29) is 0 Å². The van der Waals surface area contributed by atoms with Crippen molar-refractivity contribution >= 4 is 5.82 Å². The third kappa shape index (κ3) is 2.01. The molecule has 2 heterocycles. The predicted octanol–water partition coefficient (Wildman–Crippen LogP) is 2.04. The second-order valence-corrected chi connectivity index (χ2v) is 4.53. The second kappa shape index (κ2) is 4.17. The minimum Gasteiger partial charge on any atom is -0.354 e. The van der Waals surface area contributed by atoms with Gasteiger partial charge in [-0.05, 0) is 25.7 Å². The first-order valence-corrected chi connectivity index (χ1v) is 6.04. The standard InChI is InChI=1S/C13H14N4/c14-9-12-13(16-6-5-15-12)17-7-3-11(4-8-17)10-1-2-10/h5-6H,1-4,7-8H2. The van der Waals surface area contributed by atoms with E-state index in [1.54, 1.807) is 23.5 Å². The van der Waals surface area contributed by atoms with Crippen LogP contribution in [0.5, 0.6) is 0 Å². The smallest absolute Gasteiger partial charge is 0.183 e. The molecule has 0 bridgehead atoms. The number of anilines is 1. The third-order valence-electron chi connectivity index (χ3n) is 3.45. The first-order valence-electron chi connectivity index (χ1n) is 6.04. The fraction of sp³-hybridized carbons (Fsp3) is 0.462. The average Bonchev–Trinajstić information content (AvgIpc) is 3.23. The van der Waals surface area contributed by atoms with E-state index in [4.69, 9.17) is 5.26 Å². The highest BCUT2D eigenvalue weighted by atomic mass is 15.2. The molecule has 1 aliphatic heterocycles. The van der Waals surface area contributed by atoms with Crippen molar-refractivity contribution in [3.63, 3.8) is 0 Å². The molecule has 1 saturated carbocycles. The molecular weight excluding hydrogens is 212 g/mol. The van der Waals surface area contributed by atoms with Crippen LogP contribution < -0.4 is 4.90 Å². The van der Waals surface area contributed by atoms with E-state index in [9.17, 15) is 0 Å². The van der Waals surface area contributed by atoms with Gasteiger partial charge < -0.3 is 4.90 Å². The summed E-state index contributed by atoms with van der Waals surface area (Å²) in [4.78, 5) is 10.5. The van der Waals surface area contributed by atoms with E-state index in [0.717, 1.165) is 31.7 Å². The van der Waals surface area contributed by atoms with Crippen LogP contribution in [0.3, 0.4) is 0 Å². The molecule has 2 aliphatic rings. The van der Waals surface area contributed by atoms with Gasteiger partial charge in [-0.25, -0.2) is 9.97 Å². The molecule has 3 rings (SSSR count). The van der Waals surface area contributed by atoms with Crippen LogP contribution in [0.15, 0.2) is 23.5 Å². The van der Waals surface area contributed by atoms with Gasteiger partial charge in [-0.2, -0.15) is 5.26 Å². The number of nitrogens with zero attached hydrogens (tertiary/aromatic N) is 4. The van der Waals surface area contributed by atoms with Crippen LogP contribution in [0.1, 0.15) is 31.4 Å². The zero-order chi connectivity index (χ0) is 11.7. The molecule has 1 saturated heterocycles. The molecule has 0 radical (unpaired) electrons. The molecule has 1 aliphatic carbocycles. The lowest BCUT2D eigenvalue weighted by Gasteiger charge is -2.29. The van der Waals surface area contributed by atoms with Gasteiger partial charge in [-0.3, -0.25) is 0 Å². The highest BCUT2D eigenvalue weighted by Gasteiger charge is 2.23. The maximum Gasteiger partial charge on any atom is 0.183 e. The van der Waals surface area contributed by atoms with E-state index < -0.39 is 0 Å².